The lowest BCUT2D eigenvalue weighted by molar-refractivity contribution is -0.115. The molecule has 3 N–H and O–H groups in total. The number of hydrogen-bond donors (Lipinski definition) is 3. The third kappa shape index (κ3) is 5.52. The van der Waals surface area contributed by atoms with Crippen molar-refractivity contribution >= 4 is 55.1 Å². The van der Waals surface area contributed by atoms with Crippen molar-refractivity contribution in [2.45, 2.75) is 11.8 Å². The molecule has 0 bridgehead atoms. The van der Waals surface area contributed by atoms with Crippen molar-refractivity contribution in [1.82, 2.24) is 10.0 Å². The van der Waals surface area contributed by atoms with E-state index in [1.54, 1.807) is 12.1 Å². The molecule has 0 unspecified atom stereocenters. The molecule has 2 rings (SSSR count). The molecule has 0 radical (unpaired) electrons. The van der Waals surface area contributed by atoms with Gasteiger partial charge in [-0.3, -0.25) is 9.59 Å². The van der Waals surface area contributed by atoms with Crippen LogP contribution in [0.25, 0.3) is 0 Å². The van der Waals surface area contributed by atoms with E-state index in [4.69, 9.17) is 11.6 Å². The number of benzene rings is 2. The average molecular weight is 475 g/mol. The van der Waals surface area contributed by atoms with Crippen LogP contribution in [0.4, 0.5) is 5.69 Å². The molecule has 27 heavy (non-hydrogen) atoms. The highest BCUT2D eigenvalue weighted by atomic mass is 79.9. The van der Waals surface area contributed by atoms with E-state index in [1.165, 1.54) is 19.2 Å². The second-order valence-electron chi connectivity index (χ2n) is 5.54. The van der Waals surface area contributed by atoms with E-state index in [0.717, 1.165) is 16.1 Å². The largest absolute Gasteiger partial charge is 0.343 e. The Morgan fingerprint density at radius 1 is 1.15 bits per heavy atom. The predicted octanol–water partition coefficient (Wildman–Crippen LogP) is 2.69. The third-order valence-corrected chi connectivity index (χ3v) is 5.87. The fraction of sp³-hybridized carbons (Fsp3) is 0.176. The van der Waals surface area contributed by atoms with Crippen LogP contribution in [0, 0.1) is 6.92 Å². The van der Waals surface area contributed by atoms with Crippen molar-refractivity contribution in [1.29, 1.82) is 0 Å². The van der Waals surface area contributed by atoms with E-state index in [2.05, 4.69) is 31.3 Å². The lowest BCUT2D eigenvalue weighted by atomic mass is 10.2. The molecular weight excluding hydrogens is 458 g/mol. The Hall–Kier alpha value is -1.94. The lowest BCUT2D eigenvalue weighted by Crippen LogP contribution is -2.33. The maximum absolute atomic E-state index is 12.3. The zero-order chi connectivity index (χ0) is 20.2. The Balaban J connectivity index is 2.07. The van der Waals surface area contributed by atoms with Crippen molar-refractivity contribution in [2.24, 2.45) is 0 Å². The fourth-order valence-electron chi connectivity index (χ4n) is 2.18. The minimum atomic E-state index is -3.72. The molecular formula is C17H17BrClN3O4S. The summed E-state index contributed by atoms with van der Waals surface area (Å²) in [4.78, 5) is 24.3. The Labute approximate surface area is 170 Å². The Kier molecular flexibility index (Phi) is 6.99. The minimum absolute atomic E-state index is 0.0411. The second-order valence-corrected chi connectivity index (χ2v) is 8.75. The van der Waals surface area contributed by atoms with Crippen LogP contribution in [0.5, 0.6) is 0 Å². The monoisotopic (exact) mass is 473 g/mol. The Morgan fingerprint density at radius 2 is 1.85 bits per heavy atom. The Bertz CT molecular complexity index is 996. The summed E-state index contributed by atoms with van der Waals surface area (Å²) in [6.07, 6.45) is 0. The summed E-state index contributed by atoms with van der Waals surface area (Å²) in [5, 5.41) is 5.19. The lowest BCUT2D eigenvalue weighted by Gasteiger charge is -2.11. The molecule has 10 heteroatoms. The molecule has 0 aliphatic rings. The number of rotatable bonds is 6. The summed E-state index contributed by atoms with van der Waals surface area (Å²) in [6.45, 7) is 1.54. The summed E-state index contributed by atoms with van der Waals surface area (Å²) in [6, 6.07) is 9.12. The molecule has 2 aromatic carbocycles. The van der Waals surface area contributed by atoms with Crippen molar-refractivity contribution in [3.63, 3.8) is 0 Å². The SMILES string of the molecule is CNS(=O)(=O)c1ccc(Cl)c(C(=O)NCC(=O)Nc2ccc(Br)cc2C)c1. The Morgan fingerprint density at radius 3 is 2.48 bits per heavy atom. The van der Waals surface area contributed by atoms with Crippen LogP contribution < -0.4 is 15.4 Å². The third-order valence-electron chi connectivity index (χ3n) is 3.63. The van der Waals surface area contributed by atoms with Gasteiger partial charge in [-0.25, -0.2) is 13.1 Å². The number of amides is 2. The number of carbonyl (C=O) groups excluding carboxylic acids is 2. The van der Waals surface area contributed by atoms with Gasteiger partial charge in [0.2, 0.25) is 15.9 Å². The first-order chi connectivity index (χ1) is 12.6. The van der Waals surface area contributed by atoms with E-state index < -0.39 is 21.8 Å². The summed E-state index contributed by atoms with van der Waals surface area (Å²) in [5.41, 5.74) is 1.44. The standard InChI is InChI=1S/C17H17BrClN3O4S/c1-10-7-11(18)3-6-15(10)22-16(23)9-21-17(24)13-8-12(4-5-14(13)19)27(25,26)20-2/h3-8,20H,9H2,1-2H3,(H,21,24)(H,22,23). The van der Waals surface area contributed by atoms with Gasteiger partial charge in [-0.15, -0.1) is 0 Å². The van der Waals surface area contributed by atoms with E-state index in [1.807, 2.05) is 13.0 Å². The summed E-state index contributed by atoms with van der Waals surface area (Å²) < 4.78 is 26.8. The number of anilines is 1. The molecule has 0 saturated carbocycles. The average Bonchev–Trinajstić information content (AvgIpc) is 2.62. The molecule has 0 aromatic heterocycles. The van der Waals surface area contributed by atoms with Crippen LogP contribution in [-0.4, -0.2) is 33.8 Å². The first-order valence-electron chi connectivity index (χ1n) is 7.71. The van der Waals surface area contributed by atoms with Crippen LogP contribution in [0.3, 0.4) is 0 Å². The van der Waals surface area contributed by atoms with Crippen LogP contribution >= 0.6 is 27.5 Å². The molecule has 2 aromatic rings. The van der Waals surface area contributed by atoms with Crippen LogP contribution in [0.1, 0.15) is 15.9 Å². The van der Waals surface area contributed by atoms with Crippen LogP contribution in [0.15, 0.2) is 45.8 Å². The fourth-order valence-corrected chi connectivity index (χ4v) is 3.62. The highest BCUT2D eigenvalue weighted by Gasteiger charge is 2.18. The van der Waals surface area contributed by atoms with Gasteiger partial charge in [-0.2, -0.15) is 0 Å². The molecule has 0 aliphatic heterocycles. The highest BCUT2D eigenvalue weighted by Crippen LogP contribution is 2.21. The van der Waals surface area contributed by atoms with E-state index in [-0.39, 0.29) is 22.0 Å². The van der Waals surface area contributed by atoms with E-state index in [0.29, 0.717) is 5.69 Å². The molecule has 0 saturated heterocycles. The van der Waals surface area contributed by atoms with Gasteiger partial charge in [0, 0.05) is 10.2 Å². The van der Waals surface area contributed by atoms with Crippen molar-refractivity contribution in [3.05, 3.63) is 57.0 Å². The smallest absolute Gasteiger partial charge is 0.253 e. The minimum Gasteiger partial charge on any atom is -0.343 e. The number of halogens is 2. The van der Waals surface area contributed by atoms with Crippen molar-refractivity contribution in [3.8, 4) is 0 Å². The zero-order valence-electron chi connectivity index (χ0n) is 14.5. The van der Waals surface area contributed by atoms with Gasteiger partial charge in [-0.1, -0.05) is 27.5 Å². The molecule has 0 heterocycles. The molecule has 144 valence electrons. The number of sulfonamides is 1. The van der Waals surface area contributed by atoms with Gasteiger partial charge in [0.05, 0.1) is 22.0 Å². The predicted molar refractivity (Wildman–Crippen MR) is 108 cm³/mol. The first-order valence-corrected chi connectivity index (χ1v) is 10.4. The highest BCUT2D eigenvalue weighted by molar-refractivity contribution is 9.10. The molecule has 0 fully saturated rings. The molecule has 0 aliphatic carbocycles. The van der Waals surface area contributed by atoms with Crippen LogP contribution in [0.2, 0.25) is 5.02 Å². The molecule has 0 atom stereocenters. The molecule has 2 amide bonds. The van der Waals surface area contributed by atoms with Gasteiger partial charge in [0.1, 0.15) is 0 Å². The summed E-state index contributed by atoms with van der Waals surface area (Å²) in [5.74, 6) is -1.08. The normalized spacial score (nSPS) is 11.1. The van der Waals surface area contributed by atoms with Crippen molar-refractivity contribution in [2.75, 3.05) is 18.9 Å². The van der Waals surface area contributed by atoms with Crippen LogP contribution in [-0.2, 0) is 14.8 Å². The van der Waals surface area contributed by atoms with Gasteiger partial charge in [0.25, 0.3) is 5.91 Å². The number of hydrogen-bond acceptors (Lipinski definition) is 4. The van der Waals surface area contributed by atoms with Gasteiger partial charge in [0.15, 0.2) is 0 Å². The zero-order valence-corrected chi connectivity index (χ0v) is 17.6. The van der Waals surface area contributed by atoms with Gasteiger partial charge >= 0.3 is 0 Å². The maximum Gasteiger partial charge on any atom is 0.253 e. The van der Waals surface area contributed by atoms with Crippen molar-refractivity contribution < 1.29 is 18.0 Å². The molecule has 7 nitrogen and oxygen atoms in total. The summed E-state index contributed by atoms with van der Waals surface area (Å²) >= 11 is 9.32. The second kappa shape index (κ2) is 8.83. The van der Waals surface area contributed by atoms with E-state index in [9.17, 15) is 18.0 Å². The number of carbonyl (C=O) groups is 2. The topological polar surface area (TPSA) is 104 Å². The van der Waals surface area contributed by atoms with Gasteiger partial charge < -0.3 is 10.6 Å². The number of nitrogens with one attached hydrogen (secondary N) is 3. The quantitative estimate of drug-likeness (QED) is 0.599. The maximum atomic E-state index is 12.3. The number of aryl methyl sites for hydroxylation is 1. The first kappa shape index (κ1) is 21.4. The van der Waals surface area contributed by atoms with E-state index >= 15 is 0 Å². The van der Waals surface area contributed by atoms with Gasteiger partial charge in [-0.05, 0) is 55.9 Å². The molecule has 0 spiro atoms. The summed E-state index contributed by atoms with van der Waals surface area (Å²) in [7, 11) is -2.46.